The summed E-state index contributed by atoms with van der Waals surface area (Å²) < 4.78 is 24.5. The van der Waals surface area contributed by atoms with Gasteiger partial charge >= 0.3 is 5.97 Å². The quantitative estimate of drug-likeness (QED) is 0.775. The van der Waals surface area contributed by atoms with Gasteiger partial charge in [0.25, 0.3) is 5.91 Å². The minimum absolute atomic E-state index is 0.00928. The van der Waals surface area contributed by atoms with Crippen LogP contribution in [0.3, 0.4) is 0 Å². The summed E-state index contributed by atoms with van der Waals surface area (Å²) in [5.74, 6) is -1.40. The maximum Gasteiger partial charge on any atom is 0.328 e. The van der Waals surface area contributed by atoms with E-state index in [2.05, 4.69) is 5.10 Å². The van der Waals surface area contributed by atoms with Gasteiger partial charge in [0.05, 0.1) is 11.9 Å². The van der Waals surface area contributed by atoms with Gasteiger partial charge in [0.15, 0.2) is 6.04 Å². The number of benzene rings is 1. The first-order chi connectivity index (χ1) is 12.3. The van der Waals surface area contributed by atoms with Crippen molar-refractivity contribution in [3.63, 3.8) is 0 Å². The molecule has 3 rings (SSSR count). The molecule has 0 bridgehead atoms. The number of amides is 1. The summed E-state index contributed by atoms with van der Waals surface area (Å²) in [6, 6.07) is 7.89. The van der Waals surface area contributed by atoms with Gasteiger partial charge in [0, 0.05) is 32.6 Å². The molecule has 140 valence electrons. The van der Waals surface area contributed by atoms with Gasteiger partial charge in [-0.25, -0.2) is 13.2 Å². The van der Waals surface area contributed by atoms with Crippen LogP contribution in [0.2, 0.25) is 0 Å². The largest absolute Gasteiger partial charge is 0.480 e. The van der Waals surface area contributed by atoms with Crippen molar-refractivity contribution >= 4 is 33.3 Å². The molecule has 1 unspecified atom stereocenters. The first-order valence-corrected chi connectivity index (χ1v) is 10.0. The van der Waals surface area contributed by atoms with E-state index >= 15 is 0 Å². The SMILES string of the molecule is CS(=O)(=O)N1CCN(C(=O)C2=NN(c3ccccc3)C(C(=O)O)C2)CC1. The summed E-state index contributed by atoms with van der Waals surface area (Å²) in [6.45, 7) is 0.965. The molecule has 0 radical (unpaired) electrons. The Bertz CT molecular complexity index is 831. The van der Waals surface area contributed by atoms with E-state index in [0.717, 1.165) is 6.26 Å². The average molecular weight is 380 g/mol. The fourth-order valence-electron chi connectivity index (χ4n) is 3.06. The summed E-state index contributed by atoms with van der Waals surface area (Å²) in [6.07, 6.45) is 1.15. The maximum atomic E-state index is 12.7. The van der Waals surface area contributed by atoms with Crippen molar-refractivity contribution in [3.8, 4) is 0 Å². The number of hydrogen-bond acceptors (Lipinski definition) is 6. The highest BCUT2D eigenvalue weighted by molar-refractivity contribution is 7.88. The highest BCUT2D eigenvalue weighted by Gasteiger charge is 2.38. The Labute approximate surface area is 151 Å². The lowest BCUT2D eigenvalue weighted by atomic mass is 10.1. The molecule has 1 aromatic rings. The second-order valence-electron chi connectivity index (χ2n) is 6.24. The normalized spacial score (nSPS) is 21.6. The van der Waals surface area contributed by atoms with Gasteiger partial charge in [-0.1, -0.05) is 18.2 Å². The van der Waals surface area contributed by atoms with E-state index in [0.29, 0.717) is 5.69 Å². The predicted octanol–water partition coefficient (Wildman–Crippen LogP) is -0.190. The number of hydrogen-bond donors (Lipinski definition) is 1. The number of carbonyl (C=O) groups is 2. The zero-order chi connectivity index (χ0) is 18.9. The topological polar surface area (TPSA) is 111 Å². The Morgan fingerprint density at radius 2 is 1.73 bits per heavy atom. The Morgan fingerprint density at radius 3 is 2.27 bits per heavy atom. The molecule has 1 saturated heterocycles. The van der Waals surface area contributed by atoms with Gasteiger partial charge in [-0.3, -0.25) is 9.80 Å². The van der Waals surface area contributed by atoms with Gasteiger partial charge in [-0.15, -0.1) is 0 Å². The predicted molar refractivity (Wildman–Crippen MR) is 95.4 cm³/mol. The summed E-state index contributed by atoms with van der Waals surface area (Å²) in [5, 5.41) is 15.1. The second kappa shape index (κ2) is 7.04. The fraction of sp³-hybridized carbons (Fsp3) is 0.438. The average Bonchev–Trinajstić information content (AvgIpc) is 3.07. The Kier molecular flexibility index (Phi) is 4.97. The molecule has 1 N–H and O–H groups in total. The van der Waals surface area contributed by atoms with E-state index in [1.165, 1.54) is 14.2 Å². The van der Waals surface area contributed by atoms with Crippen molar-refractivity contribution in [1.29, 1.82) is 0 Å². The Balaban J connectivity index is 1.75. The molecule has 1 aromatic carbocycles. The molecule has 1 amide bonds. The zero-order valence-electron chi connectivity index (χ0n) is 14.3. The molecule has 26 heavy (non-hydrogen) atoms. The number of hydrazone groups is 1. The Hall–Kier alpha value is -2.46. The molecule has 2 aliphatic rings. The first kappa shape index (κ1) is 18.3. The number of carbonyl (C=O) groups excluding carboxylic acids is 1. The minimum Gasteiger partial charge on any atom is -0.480 e. The van der Waals surface area contributed by atoms with Gasteiger partial charge in [-0.05, 0) is 12.1 Å². The molecule has 9 nitrogen and oxygen atoms in total. The van der Waals surface area contributed by atoms with Crippen molar-refractivity contribution < 1.29 is 23.1 Å². The van der Waals surface area contributed by atoms with Crippen LogP contribution in [-0.2, 0) is 19.6 Å². The van der Waals surface area contributed by atoms with Crippen LogP contribution in [0, 0.1) is 0 Å². The number of carboxylic acid groups (broad SMARTS) is 1. The maximum absolute atomic E-state index is 12.7. The van der Waals surface area contributed by atoms with E-state index in [1.54, 1.807) is 24.3 Å². The minimum atomic E-state index is -3.28. The second-order valence-corrected chi connectivity index (χ2v) is 8.22. The molecule has 1 atom stereocenters. The number of para-hydroxylation sites is 1. The molecular formula is C16H20N4O5S. The van der Waals surface area contributed by atoms with Crippen molar-refractivity contribution in [2.45, 2.75) is 12.5 Å². The lowest BCUT2D eigenvalue weighted by Crippen LogP contribution is -2.51. The van der Waals surface area contributed by atoms with E-state index in [9.17, 15) is 23.1 Å². The molecule has 1 fully saturated rings. The van der Waals surface area contributed by atoms with E-state index < -0.39 is 22.0 Å². The summed E-state index contributed by atoms with van der Waals surface area (Å²) in [5.41, 5.74) is 0.777. The number of aliphatic carboxylic acids is 1. The summed E-state index contributed by atoms with van der Waals surface area (Å²) in [4.78, 5) is 25.8. The third-order valence-corrected chi connectivity index (χ3v) is 5.76. The molecular weight excluding hydrogens is 360 g/mol. The number of nitrogens with zero attached hydrogens (tertiary/aromatic N) is 4. The number of carboxylic acids is 1. The van der Waals surface area contributed by atoms with Gasteiger partial charge in [0.1, 0.15) is 5.71 Å². The van der Waals surface area contributed by atoms with Crippen molar-refractivity contribution in [1.82, 2.24) is 9.21 Å². The standard InChI is InChI=1S/C16H20N4O5S/c1-26(24,25)19-9-7-18(8-10-19)15(21)13-11-14(16(22)23)20(17-13)12-5-3-2-4-6-12/h2-6,14H,7-11H2,1H3,(H,22,23). The van der Waals surface area contributed by atoms with Gasteiger partial charge < -0.3 is 10.0 Å². The molecule has 0 aliphatic carbocycles. The number of piperazine rings is 1. The smallest absolute Gasteiger partial charge is 0.328 e. The Morgan fingerprint density at radius 1 is 1.12 bits per heavy atom. The molecule has 2 heterocycles. The molecule has 0 saturated carbocycles. The van der Waals surface area contributed by atoms with Gasteiger partial charge in [-0.2, -0.15) is 9.41 Å². The zero-order valence-corrected chi connectivity index (χ0v) is 15.1. The lowest BCUT2D eigenvalue weighted by Gasteiger charge is -2.33. The van der Waals surface area contributed by atoms with Gasteiger partial charge in [0.2, 0.25) is 10.0 Å². The van der Waals surface area contributed by atoms with Crippen molar-refractivity contribution in [2.75, 3.05) is 37.4 Å². The van der Waals surface area contributed by atoms with Crippen LogP contribution >= 0.6 is 0 Å². The number of anilines is 1. The van der Waals surface area contributed by atoms with Crippen LogP contribution < -0.4 is 5.01 Å². The van der Waals surface area contributed by atoms with Crippen molar-refractivity contribution in [3.05, 3.63) is 30.3 Å². The van der Waals surface area contributed by atoms with Crippen molar-refractivity contribution in [2.24, 2.45) is 5.10 Å². The summed E-state index contributed by atoms with van der Waals surface area (Å²) in [7, 11) is -3.28. The highest BCUT2D eigenvalue weighted by atomic mass is 32.2. The molecule has 0 aromatic heterocycles. The van der Waals surface area contributed by atoms with Crippen LogP contribution in [0.25, 0.3) is 0 Å². The van der Waals surface area contributed by atoms with Crippen LogP contribution in [-0.4, -0.2) is 78.8 Å². The fourth-order valence-corrected chi connectivity index (χ4v) is 3.88. The first-order valence-electron chi connectivity index (χ1n) is 8.16. The molecule has 2 aliphatic heterocycles. The van der Waals surface area contributed by atoms with Crippen LogP contribution in [0.1, 0.15) is 6.42 Å². The molecule has 10 heteroatoms. The third-order valence-electron chi connectivity index (χ3n) is 4.46. The van der Waals surface area contributed by atoms with E-state index in [-0.39, 0.29) is 44.2 Å². The summed E-state index contributed by atoms with van der Waals surface area (Å²) >= 11 is 0. The van der Waals surface area contributed by atoms with E-state index in [4.69, 9.17) is 0 Å². The number of rotatable bonds is 4. The van der Waals surface area contributed by atoms with Crippen LogP contribution in [0.15, 0.2) is 35.4 Å². The third kappa shape index (κ3) is 3.70. The van der Waals surface area contributed by atoms with E-state index in [1.807, 2.05) is 6.07 Å². The molecule has 0 spiro atoms. The number of sulfonamides is 1. The monoisotopic (exact) mass is 380 g/mol. The highest BCUT2D eigenvalue weighted by Crippen LogP contribution is 2.25. The van der Waals surface area contributed by atoms with Crippen LogP contribution in [0.4, 0.5) is 5.69 Å². The van der Waals surface area contributed by atoms with Crippen LogP contribution in [0.5, 0.6) is 0 Å². The lowest BCUT2D eigenvalue weighted by molar-refractivity contribution is -0.138.